The molecule has 0 aromatic heterocycles. The van der Waals surface area contributed by atoms with E-state index in [1.807, 2.05) is 60.7 Å². The van der Waals surface area contributed by atoms with Gasteiger partial charge in [0.1, 0.15) is 4.90 Å². The molecule has 4 aromatic rings. The van der Waals surface area contributed by atoms with Crippen LogP contribution in [-0.4, -0.2) is 13.0 Å². The molecule has 4 nitrogen and oxygen atoms in total. The molecular weight excluding hydrogens is 461 g/mol. The molecule has 34 heavy (non-hydrogen) atoms. The summed E-state index contributed by atoms with van der Waals surface area (Å²) in [6, 6.07) is 35.7. The highest BCUT2D eigenvalue weighted by Gasteiger charge is 2.25. The Bertz CT molecular complexity index is 1300. The van der Waals surface area contributed by atoms with Gasteiger partial charge in [0, 0.05) is 18.5 Å². The summed E-state index contributed by atoms with van der Waals surface area (Å²) in [6.07, 6.45) is 2.16. The van der Waals surface area contributed by atoms with Gasteiger partial charge in [0.15, 0.2) is 0 Å². The molecule has 1 N–H and O–H groups in total. The first-order chi connectivity index (χ1) is 16.3. The maximum atomic E-state index is 12.3. The van der Waals surface area contributed by atoms with Gasteiger partial charge >= 0.3 is 0 Å². The first-order valence-electron chi connectivity index (χ1n) is 11.1. The highest BCUT2D eigenvalue weighted by atomic mass is 32.2. The van der Waals surface area contributed by atoms with E-state index in [2.05, 4.69) is 36.4 Å². The van der Waals surface area contributed by atoms with Crippen LogP contribution in [0.15, 0.2) is 119 Å². The fraction of sp³-hybridized carbons (Fsp3) is 0.143. The van der Waals surface area contributed by atoms with Crippen LogP contribution in [-0.2, 0) is 28.6 Å². The minimum atomic E-state index is -4.42. The summed E-state index contributed by atoms with van der Waals surface area (Å²) in [5, 5.41) is 0. The Balaban J connectivity index is 1.97. The van der Waals surface area contributed by atoms with E-state index in [-0.39, 0.29) is 4.90 Å². The van der Waals surface area contributed by atoms with E-state index in [0.29, 0.717) is 5.69 Å². The minimum Gasteiger partial charge on any atom is -0.282 e. The zero-order chi connectivity index (χ0) is 24.0. The largest absolute Gasteiger partial charge is 0.296 e. The predicted molar refractivity (Wildman–Crippen MR) is 140 cm³/mol. The SMILES string of the molecule is Cc1ccc(N=P(Cc2ccccc2)(Cc2ccccc2)Cc2ccccc2)c(S(=O)(=O)O)c1. The molecule has 4 aromatic carbocycles. The maximum absolute atomic E-state index is 12.3. The summed E-state index contributed by atoms with van der Waals surface area (Å²) in [5.74, 6) is 0. The molecule has 0 aliphatic heterocycles. The van der Waals surface area contributed by atoms with Crippen molar-refractivity contribution in [2.45, 2.75) is 30.3 Å². The Morgan fingerprint density at radius 2 is 1.09 bits per heavy atom. The Morgan fingerprint density at radius 1 is 0.676 bits per heavy atom. The van der Waals surface area contributed by atoms with Crippen molar-refractivity contribution in [3.63, 3.8) is 0 Å². The van der Waals surface area contributed by atoms with Crippen LogP contribution in [0.4, 0.5) is 5.69 Å². The molecule has 0 atom stereocenters. The van der Waals surface area contributed by atoms with Gasteiger partial charge in [-0.3, -0.25) is 9.30 Å². The Labute approximate surface area is 202 Å². The molecule has 0 fully saturated rings. The zero-order valence-corrected chi connectivity index (χ0v) is 20.8. The standard InChI is InChI=1S/C28H28NO3PS/c1-23-17-18-27(28(19-23)34(30,31)32)29-33(20-24-11-5-2-6-12-24,21-25-13-7-3-8-14-25)22-26-15-9-4-10-16-26/h2-19H,20-22H2,1H3,(H,30,31,32). The quantitative estimate of drug-likeness (QED) is 0.204. The third-order valence-electron chi connectivity index (χ3n) is 5.67. The zero-order valence-electron chi connectivity index (χ0n) is 19.1. The van der Waals surface area contributed by atoms with Crippen LogP contribution in [0, 0.1) is 6.92 Å². The van der Waals surface area contributed by atoms with Crippen molar-refractivity contribution in [3.05, 3.63) is 131 Å². The average molecular weight is 490 g/mol. The molecule has 0 saturated carbocycles. The van der Waals surface area contributed by atoms with Gasteiger partial charge in [-0.05, 0) is 48.4 Å². The van der Waals surface area contributed by atoms with E-state index in [1.165, 1.54) is 6.07 Å². The van der Waals surface area contributed by atoms with E-state index in [9.17, 15) is 13.0 Å². The number of nitrogens with zero attached hydrogens (tertiary/aromatic N) is 1. The second-order valence-corrected chi connectivity index (χ2v) is 13.3. The lowest BCUT2D eigenvalue weighted by Crippen LogP contribution is -2.01. The number of hydrogen-bond donors (Lipinski definition) is 1. The lowest BCUT2D eigenvalue weighted by atomic mass is 10.2. The summed E-state index contributed by atoms with van der Waals surface area (Å²) < 4.78 is 39.8. The van der Waals surface area contributed by atoms with Crippen LogP contribution in [0.25, 0.3) is 0 Å². The van der Waals surface area contributed by atoms with Gasteiger partial charge in [-0.25, -0.2) is 0 Å². The van der Waals surface area contributed by atoms with Gasteiger partial charge in [-0.2, -0.15) is 8.42 Å². The third kappa shape index (κ3) is 6.32. The highest BCUT2D eigenvalue weighted by molar-refractivity contribution is 7.86. The first-order valence-corrected chi connectivity index (χ1v) is 14.9. The number of benzene rings is 4. The lowest BCUT2D eigenvalue weighted by molar-refractivity contribution is 0.483. The van der Waals surface area contributed by atoms with E-state index >= 15 is 0 Å². The molecule has 4 rings (SSSR count). The van der Waals surface area contributed by atoms with E-state index in [1.54, 1.807) is 13.0 Å². The topological polar surface area (TPSA) is 66.7 Å². The Morgan fingerprint density at radius 3 is 1.47 bits per heavy atom. The normalized spacial score (nSPS) is 11.8. The van der Waals surface area contributed by atoms with E-state index in [4.69, 9.17) is 4.74 Å². The molecule has 0 unspecified atom stereocenters. The summed E-state index contributed by atoms with van der Waals surface area (Å²) >= 11 is 0. The lowest BCUT2D eigenvalue weighted by Gasteiger charge is -2.26. The van der Waals surface area contributed by atoms with Crippen LogP contribution >= 0.6 is 7.05 Å². The molecule has 0 aliphatic rings. The van der Waals surface area contributed by atoms with Crippen molar-refractivity contribution < 1.29 is 13.0 Å². The molecule has 0 bridgehead atoms. The molecule has 0 aliphatic carbocycles. The van der Waals surface area contributed by atoms with Gasteiger partial charge in [-0.15, -0.1) is 0 Å². The molecule has 0 heterocycles. The van der Waals surface area contributed by atoms with E-state index in [0.717, 1.165) is 40.7 Å². The molecule has 6 heteroatoms. The minimum absolute atomic E-state index is 0.133. The molecule has 0 radical (unpaired) electrons. The van der Waals surface area contributed by atoms with Crippen LogP contribution in [0.1, 0.15) is 22.3 Å². The van der Waals surface area contributed by atoms with Crippen LogP contribution in [0.2, 0.25) is 0 Å². The molecule has 0 saturated heterocycles. The van der Waals surface area contributed by atoms with Crippen molar-refractivity contribution in [1.29, 1.82) is 0 Å². The molecular formula is C28H28NO3PS. The van der Waals surface area contributed by atoms with Gasteiger partial charge in [0.2, 0.25) is 0 Å². The van der Waals surface area contributed by atoms with Crippen molar-refractivity contribution in [3.8, 4) is 0 Å². The predicted octanol–water partition coefficient (Wildman–Crippen LogP) is 7.68. The highest BCUT2D eigenvalue weighted by Crippen LogP contribution is 2.60. The number of rotatable bonds is 8. The fourth-order valence-corrected chi connectivity index (χ4v) is 8.81. The number of hydrogen-bond acceptors (Lipinski definition) is 3. The summed E-state index contributed by atoms with van der Waals surface area (Å²) in [6.45, 7) is 1.80. The monoisotopic (exact) mass is 489 g/mol. The van der Waals surface area contributed by atoms with Crippen molar-refractivity contribution in [2.24, 2.45) is 4.74 Å². The van der Waals surface area contributed by atoms with Crippen molar-refractivity contribution >= 4 is 22.9 Å². The van der Waals surface area contributed by atoms with Gasteiger partial charge in [0.25, 0.3) is 10.1 Å². The Kier molecular flexibility index (Phi) is 7.47. The van der Waals surface area contributed by atoms with Crippen molar-refractivity contribution in [2.75, 3.05) is 0 Å². The fourth-order valence-electron chi connectivity index (χ4n) is 4.18. The van der Waals surface area contributed by atoms with Gasteiger partial charge < -0.3 is 0 Å². The second-order valence-electron chi connectivity index (χ2n) is 8.57. The number of aryl methyl sites for hydroxylation is 1. The summed E-state index contributed by atoms with van der Waals surface area (Å²) in [4.78, 5) is -0.133. The van der Waals surface area contributed by atoms with Crippen LogP contribution < -0.4 is 0 Å². The van der Waals surface area contributed by atoms with Gasteiger partial charge in [0.05, 0.1) is 5.69 Å². The van der Waals surface area contributed by atoms with E-state index < -0.39 is 17.2 Å². The second kappa shape index (κ2) is 10.5. The van der Waals surface area contributed by atoms with Crippen molar-refractivity contribution in [1.82, 2.24) is 0 Å². The van der Waals surface area contributed by atoms with Crippen LogP contribution in [0.5, 0.6) is 0 Å². The third-order valence-corrected chi connectivity index (χ3v) is 10.1. The molecule has 0 spiro atoms. The maximum Gasteiger partial charge on any atom is 0.296 e. The smallest absolute Gasteiger partial charge is 0.282 e. The Hall–Kier alpha value is -2.98. The van der Waals surface area contributed by atoms with Gasteiger partial charge in [-0.1, -0.05) is 97.1 Å². The summed E-state index contributed by atoms with van der Waals surface area (Å²) in [5.41, 5.74) is 4.56. The average Bonchev–Trinajstić information content (AvgIpc) is 2.81. The first kappa shape index (κ1) is 24.2. The van der Waals surface area contributed by atoms with Crippen LogP contribution in [0.3, 0.4) is 0 Å². The molecule has 0 amide bonds. The summed E-state index contributed by atoms with van der Waals surface area (Å²) in [7, 11) is -6.67. The molecule has 174 valence electrons.